The van der Waals surface area contributed by atoms with Crippen molar-refractivity contribution in [1.82, 2.24) is 0 Å². The summed E-state index contributed by atoms with van der Waals surface area (Å²) in [5, 5.41) is 20.0. The molecular weight excluding hydrogens is 427 g/mol. The summed E-state index contributed by atoms with van der Waals surface area (Å²) >= 11 is 0. The van der Waals surface area contributed by atoms with Crippen molar-refractivity contribution < 1.29 is 38.6 Å². The van der Waals surface area contributed by atoms with Crippen LogP contribution in [0.25, 0.3) is 0 Å². The fraction of sp³-hybridized carbons (Fsp3) is 0.375. The lowest BCUT2D eigenvalue weighted by Crippen LogP contribution is -2.36. The molecule has 33 heavy (non-hydrogen) atoms. The molecular formula is C24H27BO8. The molecule has 0 spiro atoms. The van der Waals surface area contributed by atoms with E-state index >= 15 is 0 Å². The Morgan fingerprint density at radius 2 is 1.85 bits per heavy atom. The molecule has 0 saturated heterocycles. The number of carbonyl (C=O) groups is 3. The Bertz CT molecular complexity index is 1040. The van der Waals surface area contributed by atoms with Crippen molar-refractivity contribution in [1.29, 1.82) is 0 Å². The van der Waals surface area contributed by atoms with E-state index in [4.69, 9.17) is 14.1 Å². The van der Waals surface area contributed by atoms with Crippen LogP contribution >= 0.6 is 0 Å². The van der Waals surface area contributed by atoms with Crippen molar-refractivity contribution in [2.45, 2.75) is 45.9 Å². The van der Waals surface area contributed by atoms with Gasteiger partial charge in [-0.25, -0.2) is 4.79 Å². The van der Waals surface area contributed by atoms with Crippen LogP contribution in [0.15, 0.2) is 42.5 Å². The van der Waals surface area contributed by atoms with Gasteiger partial charge in [0, 0.05) is 18.7 Å². The number of rotatable bonds is 7. The molecule has 0 unspecified atom stereocenters. The zero-order chi connectivity index (χ0) is 24.2. The van der Waals surface area contributed by atoms with Gasteiger partial charge >= 0.3 is 19.1 Å². The molecule has 0 fully saturated rings. The second kappa shape index (κ2) is 10.1. The number of esters is 2. The molecule has 8 nitrogen and oxygen atoms in total. The monoisotopic (exact) mass is 454 g/mol. The average Bonchev–Trinajstić information content (AvgIpc) is 2.73. The van der Waals surface area contributed by atoms with Crippen LogP contribution in [0.4, 0.5) is 0 Å². The molecule has 1 aliphatic heterocycles. The van der Waals surface area contributed by atoms with Crippen LogP contribution in [0.3, 0.4) is 0 Å². The zero-order valence-corrected chi connectivity index (χ0v) is 18.9. The standard InChI is InChI=1S/C24H27BO8/c1-24(2,3)23(29)32-14-31-22(28)20-9-5-7-16-12-17(25(30)33-21(16)20)13-19(27)11-15-6-4-8-18(26)10-15/h4-10,17,26,30H,11-14H2,1-3H3/t17-/m1/s1. The summed E-state index contributed by atoms with van der Waals surface area (Å²) in [6, 6.07) is 11.4. The summed E-state index contributed by atoms with van der Waals surface area (Å²) in [6.45, 7) is 4.52. The van der Waals surface area contributed by atoms with E-state index in [9.17, 15) is 24.5 Å². The molecule has 0 saturated carbocycles. The van der Waals surface area contributed by atoms with Crippen molar-refractivity contribution in [3.8, 4) is 11.5 Å². The SMILES string of the molecule is CC(C)(C)C(=O)OCOC(=O)c1cccc2c1OB(O)[C@@H](CC(=O)Cc1cccc(O)c1)C2. The van der Waals surface area contributed by atoms with Gasteiger partial charge in [-0.1, -0.05) is 24.3 Å². The van der Waals surface area contributed by atoms with Crippen LogP contribution in [0, 0.1) is 5.41 Å². The number of phenols is 1. The summed E-state index contributed by atoms with van der Waals surface area (Å²) in [4.78, 5) is 36.8. The van der Waals surface area contributed by atoms with E-state index in [1.165, 1.54) is 18.2 Å². The molecule has 0 amide bonds. The number of phenolic OH excluding ortho intramolecular Hbond substituents is 1. The van der Waals surface area contributed by atoms with Gasteiger partial charge in [0.1, 0.15) is 22.8 Å². The third-order valence-corrected chi connectivity index (χ3v) is 5.23. The smallest absolute Gasteiger partial charge is 0.526 e. The van der Waals surface area contributed by atoms with Gasteiger partial charge in [0.2, 0.25) is 6.79 Å². The summed E-state index contributed by atoms with van der Waals surface area (Å²) in [5.74, 6) is -1.57. The minimum Gasteiger partial charge on any atom is -0.535 e. The molecule has 2 aromatic rings. The molecule has 2 aromatic carbocycles. The van der Waals surface area contributed by atoms with Gasteiger partial charge in [-0.15, -0.1) is 0 Å². The maximum Gasteiger partial charge on any atom is 0.526 e. The van der Waals surface area contributed by atoms with E-state index in [-0.39, 0.29) is 35.7 Å². The molecule has 0 aliphatic carbocycles. The first kappa shape index (κ1) is 24.3. The minimum absolute atomic E-state index is 0.0771. The van der Waals surface area contributed by atoms with E-state index in [0.29, 0.717) is 17.5 Å². The van der Waals surface area contributed by atoms with Crippen LogP contribution in [0.1, 0.15) is 48.7 Å². The van der Waals surface area contributed by atoms with Gasteiger partial charge < -0.3 is 24.3 Å². The predicted molar refractivity (Wildman–Crippen MR) is 120 cm³/mol. The number of carbonyl (C=O) groups excluding carboxylic acids is 3. The molecule has 1 aliphatic rings. The van der Waals surface area contributed by atoms with Gasteiger partial charge in [0.25, 0.3) is 0 Å². The first-order chi connectivity index (χ1) is 15.5. The highest BCUT2D eigenvalue weighted by molar-refractivity contribution is 6.47. The molecule has 1 atom stereocenters. The van der Waals surface area contributed by atoms with Crippen molar-refractivity contribution in [2.24, 2.45) is 5.41 Å². The number of ether oxygens (including phenoxy) is 2. The number of Topliss-reactive ketones (excluding diaryl/α,β-unsaturated/α-hetero) is 1. The molecule has 3 rings (SSSR count). The van der Waals surface area contributed by atoms with Crippen LogP contribution in [-0.4, -0.2) is 41.8 Å². The molecule has 2 N–H and O–H groups in total. The topological polar surface area (TPSA) is 119 Å². The Morgan fingerprint density at radius 1 is 1.12 bits per heavy atom. The fourth-order valence-electron chi connectivity index (χ4n) is 3.51. The number of para-hydroxylation sites is 1. The normalized spacial score (nSPS) is 15.3. The van der Waals surface area contributed by atoms with E-state index in [2.05, 4.69) is 0 Å². The van der Waals surface area contributed by atoms with Crippen LogP contribution < -0.4 is 4.65 Å². The van der Waals surface area contributed by atoms with Crippen molar-refractivity contribution in [3.05, 3.63) is 59.2 Å². The molecule has 0 aromatic heterocycles. The Balaban J connectivity index is 1.62. The largest absolute Gasteiger partial charge is 0.535 e. The van der Waals surface area contributed by atoms with Gasteiger partial charge in [0.15, 0.2) is 0 Å². The third-order valence-electron chi connectivity index (χ3n) is 5.23. The Morgan fingerprint density at radius 3 is 2.55 bits per heavy atom. The maximum absolute atomic E-state index is 12.5. The lowest BCUT2D eigenvalue weighted by atomic mass is 9.64. The number of aromatic hydroxyl groups is 1. The van der Waals surface area contributed by atoms with Gasteiger partial charge in [-0.2, -0.15) is 0 Å². The summed E-state index contributed by atoms with van der Waals surface area (Å²) in [5.41, 5.74) is 0.724. The first-order valence-corrected chi connectivity index (χ1v) is 10.6. The van der Waals surface area contributed by atoms with E-state index in [0.717, 1.165) is 0 Å². The number of benzene rings is 2. The molecule has 0 radical (unpaired) electrons. The summed E-state index contributed by atoms with van der Waals surface area (Å²) in [6.07, 6.45) is 0.542. The van der Waals surface area contributed by atoms with Gasteiger partial charge in [-0.3, -0.25) is 9.59 Å². The highest BCUT2D eigenvalue weighted by Crippen LogP contribution is 2.36. The average molecular weight is 454 g/mol. The van der Waals surface area contributed by atoms with Crippen LogP contribution in [0.5, 0.6) is 11.5 Å². The van der Waals surface area contributed by atoms with Crippen LogP contribution in [-0.2, 0) is 31.9 Å². The van der Waals surface area contributed by atoms with Crippen molar-refractivity contribution in [3.63, 3.8) is 0 Å². The third kappa shape index (κ3) is 6.35. The number of ketones is 1. The van der Waals surface area contributed by atoms with E-state index in [1.54, 1.807) is 45.0 Å². The number of fused-ring (bicyclic) bond motifs is 1. The van der Waals surface area contributed by atoms with E-state index in [1.807, 2.05) is 0 Å². The second-order valence-electron chi connectivity index (χ2n) is 9.09. The number of hydrogen-bond donors (Lipinski definition) is 2. The van der Waals surface area contributed by atoms with Crippen molar-refractivity contribution in [2.75, 3.05) is 6.79 Å². The Labute approximate surface area is 192 Å². The maximum atomic E-state index is 12.5. The lowest BCUT2D eigenvalue weighted by molar-refractivity contribution is -0.161. The molecule has 174 valence electrons. The molecule has 0 bridgehead atoms. The molecule has 9 heteroatoms. The predicted octanol–water partition coefficient (Wildman–Crippen LogP) is 3.08. The minimum atomic E-state index is -1.28. The van der Waals surface area contributed by atoms with Gasteiger partial charge in [0.05, 0.1) is 5.41 Å². The summed E-state index contributed by atoms with van der Waals surface area (Å²) < 4.78 is 15.6. The number of hydrogen-bond acceptors (Lipinski definition) is 8. The van der Waals surface area contributed by atoms with Gasteiger partial charge in [-0.05, 0) is 56.5 Å². The first-order valence-electron chi connectivity index (χ1n) is 10.6. The highest BCUT2D eigenvalue weighted by atomic mass is 16.7. The lowest BCUT2D eigenvalue weighted by Gasteiger charge is -2.28. The quantitative estimate of drug-likeness (QED) is 0.372. The Hall–Kier alpha value is -3.33. The zero-order valence-electron chi connectivity index (χ0n) is 18.9. The van der Waals surface area contributed by atoms with E-state index < -0.39 is 37.1 Å². The van der Waals surface area contributed by atoms with Crippen LogP contribution in [0.2, 0.25) is 5.82 Å². The second-order valence-corrected chi connectivity index (χ2v) is 9.09. The fourth-order valence-corrected chi connectivity index (χ4v) is 3.51. The summed E-state index contributed by atoms with van der Waals surface area (Å²) in [7, 11) is -1.28. The molecule has 1 heterocycles. The highest BCUT2D eigenvalue weighted by Gasteiger charge is 2.38. The van der Waals surface area contributed by atoms with Crippen molar-refractivity contribution >= 4 is 24.8 Å². The Kier molecular flexibility index (Phi) is 7.43.